The topological polar surface area (TPSA) is 71.0 Å². The van der Waals surface area contributed by atoms with Crippen LogP contribution in [0.2, 0.25) is 0 Å². The third-order valence-electron chi connectivity index (χ3n) is 3.98. The Morgan fingerprint density at radius 3 is 2.67 bits per heavy atom. The number of rotatable bonds is 4. The molecule has 0 atom stereocenters. The second-order valence-electron chi connectivity index (χ2n) is 5.38. The van der Waals surface area contributed by atoms with Gasteiger partial charge in [0.2, 0.25) is 0 Å². The number of fused-ring (bicyclic) bond motifs is 1. The molecule has 0 saturated heterocycles. The highest BCUT2D eigenvalue weighted by molar-refractivity contribution is 9.10. The van der Waals surface area contributed by atoms with Gasteiger partial charge in [0.05, 0.1) is 13.7 Å². The van der Waals surface area contributed by atoms with Gasteiger partial charge in [-0.15, -0.1) is 0 Å². The lowest BCUT2D eigenvalue weighted by molar-refractivity contribution is 0.414. The molecular formula is C16H17BrN4O3. The molecule has 8 heteroatoms. The van der Waals surface area contributed by atoms with Crippen LogP contribution >= 0.6 is 15.9 Å². The summed E-state index contributed by atoms with van der Waals surface area (Å²) < 4.78 is 10.1. The zero-order valence-corrected chi connectivity index (χ0v) is 15.2. The molecule has 0 unspecified atom stereocenters. The van der Waals surface area contributed by atoms with Crippen LogP contribution in [0.25, 0.3) is 11.2 Å². The lowest BCUT2D eigenvalue weighted by Crippen LogP contribution is -2.39. The normalized spacial score (nSPS) is 11.2. The number of aryl methyl sites for hydroxylation is 1. The Morgan fingerprint density at radius 1 is 1.25 bits per heavy atom. The van der Waals surface area contributed by atoms with Crippen LogP contribution in [-0.4, -0.2) is 25.8 Å². The lowest BCUT2D eigenvalue weighted by atomic mass is 10.2. The summed E-state index contributed by atoms with van der Waals surface area (Å²) in [6.45, 7) is 2.52. The van der Waals surface area contributed by atoms with Gasteiger partial charge < -0.3 is 9.30 Å². The molecule has 0 aliphatic carbocycles. The van der Waals surface area contributed by atoms with Gasteiger partial charge in [0.15, 0.2) is 15.9 Å². The minimum absolute atomic E-state index is 0.309. The van der Waals surface area contributed by atoms with E-state index in [4.69, 9.17) is 4.74 Å². The molecule has 1 aromatic carbocycles. The van der Waals surface area contributed by atoms with Crippen molar-refractivity contribution in [2.75, 3.05) is 7.11 Å². The first-order valence-electron chi connectivity index (χ1n) is 7.46. The minimum atomic E-state index is -0.367. The molecule has 0 saturated carbocycles. The summed E-state index contributed by atoms with van der Waals surface area (Å²) in [5.41, 5.74) is 1.02. The van der Waals surface area contributed by atoms with Gasteiger partial charge in [0, 0.05) is 13.6 Å². The molecule has 0 aliphatic heterocycles. The molecule has 24 heavy (non-hydrogen) atoms. The maximum Gasteiger partial charge on any atom is 0.332 e. The Kier molecular flexibility index (Phi) is 4.31. The summed E-state index contributed by atoms with van der Waals surface area (Å²) in [5, 5.41) is 0. The maximum atomic E-state index is 12.7. The number of methoxy groups -OCH3 is 1. The molecule has 2 aromatic heterocycles. The van der Waals surface area contributed by atoms with Gasteiger partial charge in [-0.25, -0.2) is 9.78 Å². The number of benzene rings is 1. The smallest absolute Gasteiger partial charge is 0.332 e. The van der Waals surface area contributed by atoms with E-state index >= 15 is 0 Å². The largest absolute Gasteiger partial charge is 0.497 e. The first-order valence-corrected chi connectivity index (χ1v) is 8.25. The summed E-state index contributed by atoms with van der Waals surface area (Å²) in [6.07, 6.45) is 0. The van der Waals surface area contributed by atoms with Crippen molar-refractivity contribution in [3.05, 3.63) is 55.4 Å². The van der Waals surface area contributed by atoms with Gasteiger partial charge >= 0.3 is 5.69 Å². The minimum Gasteiger partial charge on any atom is -0.497 e. The Bertz CT molecular complexity index is 1030. The lowest BCUT2D eigenvalue weighted by Gasteiger charge is -2.09. The number of hydrogen-bond acceptors (Lipinski definition) is 4. The van der Waals surface area contributed by atoms with Crippen molar-refractivity contribution in [3.63, 3.8) is 0 Å². The van der Waals surface area contributed by atoms with Crippen molar-refractivity contribution in [1.82, 2.24) is 18.7 Å². The quantitative estimate of drug-likeness (QED) is 0.634. The average Bonchev–Trinajstić information content (AvgIpc) is 2.90. The molecule has 3 rings (SSSR count). The van der Waals surface area contributed by atoms with E-state index in [1.807, 2.05) is 24.3 Å². The Labute approximate surface area is 146 Å². The first kappa shape index (κ1) is 16.5. The van der Waals surface area contributed by atoms with Gasteiger partial charge in [-0.2, -0.15) is 0 Å². The van der Waals surface area contributed by atoms with Crippen LogP contribution in [0.3, 0.4) is 0 Å². The maximum absolute atomic E-state index is 12.7. The van der Waals surface area contributed by atoms with E-state index in [2.05, 4.69) is 20.9 Å². The number of ether oxygens (including phenoxy) is 1. The third kappa shape index (κ3) is 2.56. The molecule has 0 fully saturated rings. The van der Waals surface area contributed by atoms with Crippen molar-refractivity contribution < 1.29 is 4.74 Å². The standard InChI is InChI=1S/C16H17BrN4O3/c1-4-20-14(22)12-13(19(2)16(20)23)18-15(17)21(12)9-10-6-5-7-11(8-10)24-3/h5-8H,4,9H2,1-3H3. The predicted molar refractivity (Wildman–Crippen MR) is 94.7 cm³/mol. The third-order valence-corrected chi connectivity index (χ3v) is 4.58. The molecule has 0 amide bonds. The van der Waals surface area contributed by atoms with Gasteiger partial charge in [-0.3, -0.25) is 13.9 Å². The zero-order chi connectivity index (χ0) is 17.4. The van der Waals surface area contributed by atoms with E-state index < -0.39 is 0 Å². The average molecular weight is 393 g/mol. The molecule has 0 radical (unpaired) electrons. The van der Waals surface area contributed by atoms with Crippen LogP contribution in [0.4, 0.5) is 0 Å². The Hall–Kier alpha value is -2.35. The predicted octanol–water partition coefficient (Wildman–Crippen LogP) is 1.74. The number of nitrogens with zero attached hydrogens (tertiary/aromatic N) is 4. The SMILES string of the molecule is CCn1c(=O)c2c(nc(Br)n2Cc2cccc(OC)c2)n(C)c1=O. The molecule has 2 heterocycles. The molecule has 0 bridgehead atoms. The summed E-state index contributed by atoms with van der Waals surface area (Å²) >= 11 is 3.40. The highest BCUT2D eigenvalue weighted by Crippen LogP contribution is 2.20. The van der Waals surface area contributed by atoms with Crippen LogP contribution in [-0.2, 0) is 20.1 Å². The molecule has 0 N–H and O–H groups in total. The van der Waals surface area contributed by atoms with Gasteiger partial charge in [0.25, 0.3) is 5.56 Å². The fourth-order valence-electron chi connectivity index (χ4n) is 2.72. The fourth-order valence-corrected chi connectivity index (χ4v) is 3.19. The van der Waals surface area contributed by atoms with E-state index in [0.29, 0.717) is 29.0 Å². The number of halogens is 1. The van der Waals surface area contributed by atoms with E-state index in [1.165, 1.54) is 9.13 Å². The van der Waals surface area contributed by atoms with Crippen LogP contribution in [0.5, 0.6) is 5.75 Å². The second kappa shape index (κ2) is 6.27. The molecule has 7 nitrogen and oxygen atoms in total. The van der Waals surface area contributed by atoms with Crippen molar-refractivity contribution in [2.24, 2.45) is 7.05 Å². The molecular weight excluding hydrogens is 376 g/mol. The Balaban J connectivity index is 2.25. The fraction of sp³-hybridized carbons (Fsp3) is 0.312. The van der Waals surface area contributed by atoms with E-state index in [1.54, 1.807) is 25.6 Å². The summed E-state index contributed by atoms with van der Waals surface area (Å²) in [5.74, 6) is 0.742. The first-order chi connectivity index (χ1) is 11.5. The Morgan fingerprint density at radius 2 is 2.00 bits per heavy atom. The molecule has 126 valence electrons. The van der Waals surface area contributed by atoms with Crippen molar-refractivity contribution in [1.29, 1.82) is 0 Å². The van der Waals surface area contributed by atoms with E-state index in [9.17, 15) is 9.59 Å². The van der Waals surface area contributed by atoms with E-state index in [-0.39, 0.29) is 11.2 Å². The molecule has 0 spiro atoms. The van der Waals surface area contributed by atoms with Gasteiger partial charge in [0.1, 0.15) is 5.75 Å². The monoisotopic (exact) mass is 392 g/mol. The molecule has 3 aromatic rings. The highest BCUT2D eigenvalue weighted by Gasteiger charge is 2.18. The summed E-state index contributed by atoms with van der Waals surface area (Å²) in [4.78, 5) is 29.3. The number of imidazole rings is 1. The van der Waals surface area contributed by atoms with E-state index in [0.717, 1.165) is 11.3 Å². The van der Waals surface area contributed by atoms with Gasteiger partial charge in [-0.1, -0.05) is 12.1 Å². The van der Waals surface area contributed by atoms with Crippen molar-refractivity contribution >= 4 is 27.1 Å². The number of aromatic nitrogens is 4. The van der Waals surface area contributed by atoms with Crippen molar-refractivity contribution in [3.8, 4) is 5.75 Å². The summed E-state index contributed by atoms with van der Waals surface area (Å²) in [6, 6.07) is 7.60. The highest BCUT2D eigenvalue weighted by atomic mass is 79.9. The summed E-state index contributed by atoms with van der Waals surface area (Å²) in [7, 11) is 3.23. The van der Waals surface area contributed by atoms with Crippen LogP contribution < -0.4 is 16.0 Å². The van der Waals surface area contributed by atoms with Crippen LogP contribution in [0, 0.1) is 0 Å². The second-order valence-corrected chi connectivity index (χ2v) is 6.09. The van der Waals surface area contributed by atoms with Crippen LogP contribution in [0.15, 0.2) is 38.6 Å². The zero-order valence-electron chi connectivity index (χ0n) is 13.6. The molecule has 0 aliphatic rings. The number of hydrogen-bond donors (Lipinski definition) is 0. The van der Waals surface area contributed by atoms with Gasteiger partial charge in [-0.05, 0) is 40.5 Å². The van der Waals surface area contributed by atoms with Crippen LogP contribution in [0.1, 0.15) is 12.5 Å². The van der Waals surface area contributed by atoms with Crippen molar-refractivity contribution in [2.45, 2.75) is 20.0 Å².